The van der Waals surface area contributed by atoms with Gasteiger partial charge < -0.3 is 20.4 Å². The number of para-hydroxylation sites is 2. The molecule has 1 unspecified atom stereocenters. The molecule has 2 fully saturated rings. The number of amides is 3. The van der Waals surface area contributed by atoms with Crippen molar-refractivity contribution in [3.63, 3.8) is 0 Å². The minimum absolute atomic E-state index is 0.0618. The largest absolute Gasteiger partial charge is 0.369 e. The Labute approximate surface area is 194 Å². The Morgan fingerprint density at radius 3 is 2.39 bits per heavy atom. The summed E-state index contributed by atoms with van der Waals surface area (Å²) in [4.78, 5) is 44.3. The third-order valence-corrected chi connectivity index (χ3v) is 6.30. The zero-order valence-corrected chi connectivity index (χ0v) is 19.0. The zero-order valence-electron chi connectivity index (χ0n) is 19.0. The van der Waals surface area contributed by atoms with Crippen molar-refractivity contribution >= 4 is 29.1 Å². The molecule has 0 aliphatic carbocycles. The van der Waals surface area contributed by atoms with Gasteiger partial charge in [-0.05, 0) is 30.7 Å². The quantitative estimate of drug-likeness (QED) is 0.698. The fraction of sp³-hybridized carbons (Fsp3) is 0.400. The highest BCUT2D eigenvalue weighted by Gasteiger charge is 2.35. The van der Waals surface area contributed by atoms with Crippen LogP contribution in [0.4, 0.5) is 11.4 Å². The summed E-state index contributed by atoms with van der Waals surface area (Å²) in [5.41, 5.74) is 2.85. The van der Waals surface area contributed by atoms with E-state index in [1.165, 1.54) is 5.69 Å². The maximum absolute atomic E-state index is 13.1. The third-order valence-electron chi connectivity index (χ3n) is 6.30. The molecule has 8 heteroatoms. The molecular weight excluding hydrogens is 418 g/mol. The topological polar surface area (TPSA) is 85.0 Å². The fourth-order valence-electron chi connectivity index (χ4n) is 4.39. The summed E-state index contributed by atoms with van der Waals surface area (Å²) in [5, 5.41) is 5.66. The standard InChI is InChI=1S/C25H31N5O3/c1-19-7-5-6-10-21(19)27-23(31)17-22-25(33)26-11-12-30(22)24(32)18-28-13-15-29(16-14-28)20-8-3-2-4-9-20/h2-10,22H,11-18H2,1H3,(H,26,33)(H,27,31). The summed E-state index contributed by atoms with van der Waals surface area (Å²) in [6, 6.07) is 17.0. The highest BCUT2D eigenvalue weighted by molar-refractivity contribution is 5.98. The molecule has 4 rings (SSSR count). The number of hydrogen-bond acceptors (Lipinski definition) is 5. The molecule has 0 saturated carbocycles. The molecule has 2 aromatic carbocycles. The molecule has 0 aromatic heterocycles. The molecule has 2 aromatic rings. The molecule has 2 N–H and O–H groups in total. The Hall–Kier alpha value is -3.39. The van der Waals surface area contributed by atoms with E-state index < -0.39 is 6.04 Å². The second-order valence-electron chi connectivity index (χ2n) is 8.56. The molecule has 1 atom stereocenters. The highest BCUT2D eigenvalue weighted by atomic mass is 16.2. The molecule has 2 saturated heterocycles. The van der Waals surface area contributed by atoms with Crippen LogP contribution in [0.25, 0.3) is 0 Å². The van der Waals surface area contributed by atoms with Crippen LogP contribution in [0.5, 0.6) is 0 Å². The molecule has 2 aliphatic heterocycles. The minimum Gasteiger partial charge on any atom is -0.369 e. The van der Waals surface area contributed by atoms with Gasteiger partial charge in [0.15, 0.2) is 0 Å². The first-order chi connectivity index (χ1) is 16.0. The smallest absolute Gasteiger partial charge is 0.243 e. The predicted molar refractivity (Wildman–Crippen MR) is 128 cm³/mol. The second-order valence-corrected chi connectivity index (χ2v) is 8.56. The van der Waals surface area contributed by atoms with E-state index in [2.05, 4.69) is 32.6 Å². The Morgan fingerprint density at radius 1 is 0.970 bits per heavy atom. The number of nitrogens with one attached hydrogen (secondary N) is 2. The summed E-state index contributed by atoms with van der Waals surface area (Å²) in [5.74, 6) is -0.657. The van der Waals surface area contributed by atoms with Crippen LogP contribution in [0.2, 0.25) is 0 Å². The van der Waals surface area contributed by atoms with E-state index in [9.17, 15) is 14.4 Å². The summed E-state index contributed by atoms with van der Waals surface area (Å²) in [6.07, 6.45) is -0.0618. The van der Waals surface area contributed by atoms with Gasteiger partial charge in [0.2, 0.25) is 17.7 Å². The molecule has 2 heterocycles. The van der Waals surface area contributed by atoms with Gasteiger partial charge in [-0.3, -0.25) is 19.3 Å². The SMILES string of the molecule is Cc1ccccc1NC(=O)CC1C(=O)NCCN1C(=O)CN1CCN(c2ccccc2)CC1. The molecule has 0 bridgehead atoms. The van der Waals surface area contributed by atoms with E-state index in [0.717, 1.165) is 31.7 Å². The first-order valence-corrected chi connectivity index (χ1v) is 11.5. The third kappa shape index (κ3) is 5.70. The Bertz CT molecular complexity index is 989. The second kappa shape index (κ2) is 10.5. The highest BCUT2D eigenvalue weighted by Crippen LogP contribution is 2.18. The van der Waals surface area contributed by atoms with Crippen molar-refractivity contribution in [1.82, 2.24) is 15.1 Å². The van der Waals surface area contributed by atoms with Crippen molar-refractivity contribution in [2.75, 3.05) is 56.0 Å². The van der Waals surface area contributed by atoms with Crippen LogP contribution in [-0.4, -0.2) is 79.4 Å². The monoisotopic (exact) mass is 449 g/mol. The maximum atomic E-state index is 13.1. The van der Waals surface area contributed by atoms with Crippen LogP contribution in [0.3, 0.4) is 0 Å². The Balaban J connectivity index is 1.33. The molecule has 0 spiro atoms. The molecule has 174 valence electrons. The van der Waals surface area contributed by atoms with E-state index >= 15 is 0 Å². The predicted octanol–water partition coefficient (Wildman–Crippen LogP) is 1.47. The number of benzene rings is 2. The van der Waals surface area contributed by atoms with Gasteiger partial charge in [0.1, 0.15) is 6.04 Å². The lowest BCUT2D eigenvalue weighted by Gasteiger charge is -2.39. The summed E-state index contributed by atoms with van der Waals surface area (Å²) < 4.78 is 0. The van der Waals surface area contributed by atoms with Gasteiger partial charge in [-0.1, -0.05) is 36.4 Å². The fourth-order valence-corrected chi connectivity index (χ4v) is 4.39. The number of hydrogen-bond donors (Lipinski definition) is 2. The van der Waals surface area contributed by atoms with Gasteiger partial charge in [0, 0.05) is 50.6 Å². The molecule has 0 radical (unpaired) electrons. The zero-order chi connectivity index (χ0) is 23.2. The van der Waals surface area contributed by atoms with E-state index in [0.29, 0.717) is 18.8 Å². The van der Waals surface area contributed by atoms with Crippen LogP contribution in [0.15, 0.2) is 54.6 Å². The number of anilines is 2. The van der Waals surface area contributed by atoms with E-state index in [1.807, 2.05) is 49.4 Å². The lowest BCUT2D eigenvalue weighted by molar-refractivity contribution is -0.145. The number of rotatable bonds is 6. The summed E-state index contributed by atoms with van der Waals surface area (Å²) in [7, 11) is 0. The number of nitrogens with zero attached hydrogens (tertiary/aromatic N) is 3. The summed E-state index contributed by atoms with van der Waals surface area (Å²) in [6.45, 7) is 6.24. The Kier molecular flexibility index (Phi) is 7.24. The number of piperazine rings is 2. The van der Waals surface area contributed by atoms with Gasteiger partial charge >= 0.3 is 0 Å². The summed E-state index contributed by atoms with van der Waals surface area (Å²) >= 11 is 0. The van der Waals surface area contributed by atoms with Crippen LogP contribution >= 0.6 is 0 Å². The number of carbonyl (C=O) groups excluding carboxylic acids is 3. The lowest BCUT2D eigenvalue weighted by atomic mass is 10.1. The average Bonchev–Trinajstić information content (AvgIpc) is 2.83. The van der Waals surface area contributed by atoms with Gasteiger partial charge in [-0.2, -0.15) is 0 Å². The van der Waals surface area contributed by atoms with E-state index in [-0.39, 0.29) is 30.7 Å². The molecule has 2 aliphatic rings. The van der Waals surface area contributed by atoms with Crippen molar-refractivity contribution in [2.24, 2.45) is 0 Å². The first-order valence-electron chi connectivity index (χ1n) is 11.5. The Morgan fingerprint density at radius 2 is 1.67 bits per heavy atom. The van der Waals surface area contributed by atoms with Crippen LogP contribution in [0, 0.1) is 6.92 Å². The van der Waals surface area contributed by atoms with Gasteiger partial charge in [0.25, 0.3) is 0 Å². The van der Waals surface area contributed by atoms with E-state index in [1.54, 1.807) is 4.90 Å². The molecule has 3 amide bonds. The number of carbonyl (C=O) groups is 3. The van der Waals surface area contributed by atoms with Gasteiger partial charge in [-0.25, -0.2) is 0 Å². The lowest BCUT2D eigenvalue weighted by Crippen LogP contribution is -2.60. The number of aryl methyl sites for hydroxylation is 1. The van der Waals surface area contributed by atoms with E-state index in [4.69, 9.17) is 0 Å². The van der Waals surface area contributed by atoms with Crippen LogP contribution in [0.1, 0.15) is 12.0 Å². The molecule has 33 heavy (non-hydrogen) atoms. The average molecular weight is 450 g/mol. The van der Waals surface area contributed by atoms with Crippen LogP contribution < -0.4 is 15.5 Å². The normalized spacial score (nSPS) is 19.2. The molecule has 8 nitrogen and oxygen atoms in total. The molecular formula is C25H31N5O3. The van der Waals surface area contributed by atoms with Crippen molar-refractivity contribution < 1.29 is 14.4 Å². The van der Waals surface area contributed by atoms with Crippen molar-refractivity contribution in [2.45, 2.75) is 19.4 Å². The van der Waals surface area contributed by atoms with Crippen LogP contribution in [-0.2, 0) is 14.4 Å². The van der Waals surface area contributed by atoms with Gasteiger partial charge in [-0.15, -0.1) is 0 Å². The van der Waals surface area contributed by atoms with Crippen molar-refractivity contribution in [1.29, 1.82) is 0 Å². The maximum Gasteiger partial charge on any atom is 0.243 e. The van der Waals surface area contributed by atoms with Gasteiger partial charge in [0.05, 0.1) is 13.0 Å². The minimum atomic E-state index is -0.791. The van der Waals surface area contributed by atoms with Crippen molar-refractivity contribution in [3.8, 4) is 0 Å². The van der Waals surface area contributed by atoms with Crippen molar-refractivity contribution in [3.05, 3.63) is 60.2 Å². The first kappa shape index (κ1) is 22.8.